The largest absolute Gasteiger partial charge is 0.372 e. The Morgan fingerprint density at radius 1 is 1.57 bits per heavy atom. The molecule has 0 bridgehead atoms. The molecule has 1 fully saturated rings. The fourth-order valence-corrected chi connectivity index (χ4v) is 2.07. The van der Waals surface area contributed by atoms with Crippen LogP contribution in [0.1, 0.15) is 23.2 Å². The lowest BCUT2D eigenvalue weighted by atomic mass is 10.1. The van der Waals surface area contributed by atoms with Crippen molar-refractivity contribution < 1.29 is 14.5 Å². The van der Waals surface area contributed by atoms with Gasteiger partial charge in [-0.3, -0.25) is 19.7 Å². The van der Waals surface area contributed by atoms with E-state index in [0.29, 0.717) is 13.0 Å². The highest BCUT2D eigenvalue weighted by atomic mass is 16.6. The van der Waals surface area contributed by atoms with E-state index in [1.807, 2.05) is 0 Å². The highest BCUT2D eigenvalue weighted by molar-refractivity contribution is 6.01. The molecule has 1 atom stereocenters. The van der Waals surface area contributed by atoms with Crippen LogP contribution in [0, 0.1) is 10.1 Å². The number of pyridine rings is 1. The second-order valence-electron chi connectivity index (χ2n) is 4.56. The van der Waals surface area contributed by atoms with Gasteiger partial charge in [-0.25, -0.2) is 4.98 Å². The second-order valence-corrected chi connectivity index (χ2v) is 4.56. The number of amides is 2. The standard InChI is InChI=1S/C12H15N5O4/c1-13-10-8(5-7(6-15-10)17(20)21)11(18)16-9-3-2-4-14-12(9)19/h5-6,9H,2-4H2,1H3,(H,13,15)(H,14,19)(H,16,18). The molecule has 1 aliphatic rings. The summed E-state index contributed by atoms with van der Waals surface area (Å²) in [6.07, 6.45) is 2.37. The van der Waals surface area contributed by atoms with Crippen LogP contribution >= 0.6 is 0 Å². The molecule has 112 valence electrons. The van der Waals surface area contributed by atoms with Gasteiger partial charge in [-0.05, 0) is 12.8 Å². The molecule has 1 aliphatic heterocycles. The molecule has 0 aromatic carbocycles. The summed E-state index contributed by atoms with van der Waals surface area (Å²) in [7, 11) is 1.55. The maximum absolute atomic E-state index is 12.2. The summed E-state index contributed by atoms with van der Waals surface area (Å²) in [5.41, 5.74) is -0.252. The van der Waals surface area contributed by atoms with Crippen LogP contribution in [-0.4, -0.2) is 41.4 Å². The molecule has 1 aromatic rings. The van der Waals surface area contributed by atoms with Gasteiger partial charge in [0.25, 0.3) is 11.6 Å². The molecule has 9 heteroatoms. The molecule has 2 heterocycles. The highest BCUT2D eigenvalue weighted by Gasteiger charge is 2.26. The van der Waals surface area contributed by atoms with Crippen molar-refractivity contribution in [2.45, 2.75) is 18.9 Å². The molecular weight excluding hydrogens is 278 g/mol. The van der Waals surface area contributed by atoms with Crippen molar-refractivity contribution in [3.05, 3.63) is 27.9 Å². The minimum Gasteiger partial charge on any atom is -0.372 e. The first-order chi connectivity index (χ1) is 10.0. The van der Waals surface area contributed by atoms with E-state index < -0.39 is 16.9 Å². The summed E-state index contributed by atoms with van der Waals surface area (Å²) in [6, 6.07) is 0.504. The number of rotatable bonds is 4. The van der Waals surface area contributed by atoms with Gasteiger partial charge in [0.05, 0.1) is 10.5 Å². The molecule has 1 saturated heterocycles. The van der Waals surface area contributed by atoms with E-state index >= 15 is 0 Å². The van der Waals surface area contributed by atoms with E-state index in [4.69, 9.17) is 0 Å². The molecule has 1 unspecified atom stereocenters. The lowest BCUT2D eigenvalue weighted by Crippen LogP contribution is -2.50. The molecular formula is C12H15N5O4. The average molecular weight is 293 g/mol. The molecule has 0 aliphatic carbocycles. The van der Waals surface area contributed by atoms with E-state index in [2.05, 4.69) is 20.9 Å². The number of nitro groups is 1. The van der Waals surface area contributed by atoms with Crippen molar-refractivity contribution in [1.29, 1.82) is 0 Å². The number of nitrogens with one attached hydrogen (secondary N) is 3. The monoisotopic (exact) mass is 293 g/mol. The van der Waals surface area contributed by atoms with Crippen molar-refractivity contribution in [1.82, 2.24) is 15.6 Å². The Bertz CT molecular complexity index is 589. The van der Waals surface area contributed by atoms with Crippen LogP contribution in [0.3, 0.4) is 0 Å². The third kappa shape index (κ3) is 3.25. The Morgan fingerprint density at radius 3 is 2.95 bits per heavy atom. The predicted molar refractivity (Wildman–Crippen MR) is 73.9 cm³/mol. The Balaban J connectivity index is 2.22. The summed E-state index contributed by atoms with van der Waals surface area (Å²) in [5.74, 6) is -0.606. The summed E-state index contributed by atoms with van der Waals surface area (Å²) >= 11 is 0. The summed E-state index contributed by atoms with van der Waals surface area (Å²) in [5, 5.41) is 18.7. The number of aromatic nitrogens is 1. The molecule has 0 spiro atoms. The van der Waals surface area contributed by atoms with Crippen molar-refractivity contribution in [3.63, 3.8) is 0 Å². The molecule has 3 N–H and O–H groups in total. The van der Waals surface area contributed by atoms with Gasteiger partial charge in [0.15, 0.2) is 0 Å². The van der Waals surface area contributed by atoms with Crippen LogP contribution in [0.25, 0.3) is 0 Å². The van der Waals surface area contributed by atoms with Crippen LogP contribution in [0.4, 0.5) is 11.5 Å². The maximum Gasteiger partial charge on any atom is 0.288 e. The van der Waals surface area contributed by atoms with Crippen LogP contribution in [-0.2, 0) is 4.79 Å². The number of piperidine rings is 1. The zero-order valence-corrected chi connectivity index (χ0v) is 11.4. The van der Waals surface area contributed by atoms with Crippen molar-refractivity contribution in [2.75, 3.05) is 18.9 Å². The zero-order valence-electron chi connectivity index (χ0n) is 11.4. The second kappa shape index (κ2) is 6.16. The van der Waals surface area contributed by atoms with Crippen molar-refractivity contribution in [3.8, 4) is 0 Å². The van der Waals surface area contributed by atoms with Gasteiger partial charge in [-0.1, -0.05) is 0 Å². The predicted octanol–water partition coefficient (Wildman–Crippen LogP) is 0.0399. The Labute approximate surface area is 120 Å². The Kier molecular flexibility index (Phi) is 4.31. The lowest BCUT2D eigenvalue weighted by molar-refractivity contribution is -0.385. The van der Waals surface area contributed by atoms with Gasteiger partial charge in [0, 0.05) is 19.7 Å². The molecule has 21 heavy (non-hydrogen) atoms. The zero-order chi connectivity index (χ0) is 15.4. The topological polar surface area (TPSA) is 126 Å². The third-order valence-corrected chi connectivity index (χ3v) is 3.16. The SMILES string of the molecule is CNc1ncc([N+](=O)[O-])cc1C(=O)NC1CCCNC1=O. The maximum atomic E-state index is 12.2. The number of carbonyl (C=O) groups is 2. The fraction of sp³-hybridized carbons (Fsp3) is 0.417. The van der Waals surface area contributed by atoms with Crippen molar-refractivity contribution in [2.24, 2.45) is 0 Å². The van der Waals surface area contributed by atoms with E-state index in [0.717, 1.165) is 18.7 Å². The van der Waals surface area contributed by atoms with Crippen LogP contribution < -0.4 is 16.0 Å². The molecule has 9 nitrogen and oxygen atoms in total. The van der Waals surface area contributed by atoms with Gasteiger partial charge in [0.1, 0.15) is 18.1 Å². The molecule has 2 rings (SSSR count). The number of anilines is 1. The molecule has 0 saturated carbocycles. The van der Waals surface area contributed by atoms with E-state index in [9.17, 15) is 19.7 Å². The number of carbonyl (C=O) groups excluding carboxylic acids is 2. The minimum atomic E-state index is -0.629. The Hall–Kier alpha value is -2.71. The van der Waals surface area contributed by atoms with Crippen LogP contribution in [0.2, 0.25) is 0 Å². The van der Waals surface area contributed by atoms with Crippen molar-refractivity contribution >= 4 is 23.3 Å². The van der Waals surface area contributed by atoms with E-state index in [1.54, 1.807) is 7.05 Å². The van der Waals surface area contributed by atoms with Gasteiger partial charge in [0.2, 0.25) is 5.91 Å². The Morgan fingerprint density at radius 2 is 2.33 bits per heavy atom. The number of hydrogen-bond acceptors (Lipinski definition) is 6. The van der Waals surface area contributed by atoms with Gasteiger partial charge in [-0.2, -0.15) is 0 Å². The molecule has 0 radical (unpaired) electrons. The fourth-order valence-electron chi connectivity index (χ4n) is 2.07. The van der Waals surface area contributed by atoms with E-state index in [1.165, 1.54) is 0 Å². The quantitative estimate of drug-likeness (QED) is 0.531. The van der Waals surface area contributed by atoms with Gasteiger partial charge in [-0.15, -0.1) is 0 Å². The first-order valence-corrected chi connectivity index (χ1v) is 6.43. The van der Waals surface area contributed by atoms with Gasteiger partial charge >= 0.3 is 0 Å². The molecule has 1 aromatic heterocycles. The summed E-state index contributed by atoms with van der Waals surface area (Å²) in [6.45, 7) is 0.589. The van der Waals surface area contributed by atoms with E-state index in [-0.39, 0.29) is 23.0 Å². The summed E-state index contributed by atoms with van der Waals surface area (Å²) in [4.78, 5) is 37.8. The lowest BCUT2D eigenvalue weighted by Gasteiger charge is -2.23. The number of hydrogen-bond donors (Lipinski definition) is 3. The first kappa shape index (κ1) is 14.7. The minimum absolute atomic E-state index is 0.0325. The third-order valence-electron chi connectivity index (χ3n) is 3.16. The first-order valence-electron chi connectivity index (χ1n) is 6.43. The molecule has 2 amide bonds. The highest BCUT2D eigenvalue weighted by Crippen LogP contribution is 2.19. The normalized spacial score (nSPS) is 17.8. The summed E-state index contributed by atoms with van der Waals surface area (Å²) < 4.78 is 0. The van der Waals surface area contributed by atoms with Crippen LogP contribution in [0.5, 0.6) is 0 Å². The van der Waals surface area contributed by atoms with Crippen LogP contribution in [0.15, 0.2) is 12.3 Å². The number of nitrogens with zero attached hydrogens (tertiary/aromatic N) is 2. The van der Waals surface area contributed by atoms with Gasteiger partial charge < -0.3 is 16.0 Å². The smallest absolute Gasteiger partial charge is 0.288 e. The average Bonchev–Trinajstić information content (AvgIpc) is 2.48.